The molecule has 2 atom stereocenters. The second-order valence-corrected chi connectivity index (χ2v) is 8.81. The van der Waals surface area contributed by atoms with Gasteiger partial charge < -0.3 is 14.8 Å². The zero-order chi connectivity index (χ0) is 21.3. The van der Waals surface area contributed by atoms with Crippen LogP contribution >= 0.6 is 0 Å². The fourth-order valence-corrected chi connectivity index (χ4v) is 5.37. The van der Waals surface area contributed by atoms with Crippen molar-refractivity contribution in [2.24, 2.45) is 10.9 Å². The molecule has 1 heterocycles. The Hall–Kier alpha value is -2.82. The lowest BCUT2D eigenvalue weighted by Crippen LogP contribution is -2.37. The van der Waals surface area contributed by atoms with Crippen LogP contribution in [-0.2, 0) is 19.9 Å². The lowest BCUT2D eigenvalue weighted by Gasteiger charge is -2.28. The van der Waals surface area contributed by atoms with E-state index in [0.29, 0.717) is 25.1 Å². The quantitative estimate of drug-likeness (QED) is 0.690. The Kier molecular flexibility index (Phi) is 5.43. The molecule has 3 aliphatic carbocycles. The van der Waals surface area contributed by atoms with Crippen molar-refractivity contribution in [2.75, 3.05) is 13.2 Å². The van der Waals surface area contributed by atoms with Gasteiger partial charge in [0.1, 0.15) is 0 Å². The summed E-state index contributed by atoms with van der Waals surface area (Å²) in [4.78, 5) is 17.2. The number of ether oxygens (including phenoxy) is 2. The monoisotopic (exact) mass is 418 g/mol. The van der Waals surface area contributed by atoms with E-state index in [-0.39, 0.29) is 12.4 Å². The number of aliphatic imine (C=N–C) groups is 1. The second-order valence-electron chi connectivity index (χ2n) is 8.81. The van der Waals surface area contributed by atoms with E-state index in [1.165, 1.54) is 41.7 Å². The molecular formula is C26H30N2O3. The highest BCUT2D eigenvalue weighted by molar-refractivity contribution is 5.81. The molecule has 5 nitrogen and oxygen atoms in total. The molecule has 162 valence electrons. The summed E-state index contributed by atoms with van der Waals surface area (Å²) in [6, 6.07) is 10.4. The molecule has 0 amide bonds. The summed E-state index contributed by atoms with van der Waals surface area (Å²) in [6.07, 6.45) is 11.9. The molecule has 5 rings (SSSR count). The predicted octanol–water partition coefficient (Wildman–Crippen LogP) is 4.92. The zero-order valence-electron chi connectivity index (χ0n) is 18.2. The third-order valence-electron chi connectivity index (χ3n) is 6.86. The van der Waals surface area contributed by atoms with Crippen LogP contribution in [0, 0.1) is 5.92 Å². The van der Waals surface area contributed by atoms with Crippen molar-refractivity contribution < 1.29 is 14.3 Å². The average Bonchev–Trinajstić information content (AvgIpc) is 3.51. The molecule has 1 N–H and O–H groups in total. The Morgan fingerprint density at radius 1 is 1.23 bits per heavy atom. The number of esters is 1. The van der Waals surface area contributed by atoms with Crippen LogP contribution in [0.15, 0.2) is 69.9 Å². The van der Waals surface area contributed by atoms with Crippen molar-refractivity contribution >= 4 is 12.0 Å². The van der Waals surface area contributed by atoms with Gasteiger partial charge in [-0.1, -0.05) is 42.5 Å². The van der Waals surface area contributed by atoms with E-state index < -0.39 is 5.60 Å². The third kappa shape index (κ3) is 3.82. The Morgan fingerprint density at radius 2 is 2.10 bits per heavy atom. The van der Waals surface area contributed by atoms with Crippen molar-refractivity contribution in [3.8, 4) is 0 Å². The first-order chi connectivity index (χ1) is 15.2. The van der Waals surface area contributed by atoms with Gasteiger partial charge in [-0.3, -0.25) is 4.79 Å². The number of carbonyl (C=O) groups is 1. The van der Waals surface area contributed by atoms with Crippen LogP contribution in [0.1, 0.15) is 57.4 Å². The zero-order valence-corrected chi connectivity index (χ0v) is 18.2. The van der Waals surface area contributed by atoms with Gasteiger partial charge >= 0.3 is 5.97 Å². The standard InChI is InChI=1S/C26H30N2O3/c1-2-30-23(29)16-26(20-10-4-3-5-11-20)17-27-25(31-26)28-24-21-12-6-8-18(21)14-15-19-9-7-13-22(19)24/h3-5,10-11,14-15,18H,2,6-9,12-13,16-17H2,1H3,(H,27,28). The minimum atomic E-state index is -0.827. The van der Waals surface area contributed by atoms with Crippen LogP contribution in [-0.4, -0.2) is 25.1 Å². The maximum atomic E-state index is 12.4. The van der Waals surface area contributed by atoms with Crippen molar-refractivity contribution in [1.82, 2.24) is 5.32 Å². The molecule has 1 fully saturated rings. The van der Waals surface area contributed by atoms with Gasteiger partial charge in [0.05, 0.1) is 19.6 Å². The van der Waals surface area contributed by atoms with Gasteiger partial charge in [-0.2, -0.15) is 0 Å². The summed E-state index contributed by atoms with van der Waals surface area (Å²) in [5, 5.41) is 3.59. The van der Waals surface area contributed by atoms with Crippen molar-refractivity contribution in [3.05, 3.63) is 70.5 Å². The fourth-order valence-electron chi connectivity index (χ4n) is 5.37. The lowest BCUT2D eigenvalue weighted by atomic mass is 9.90. The first kappa shape index (κ1) is 20.1. The largest absolute Gasteiger partial charge is 0.466 e. The van der Waals surface area contributed by atoms with E-state index in [9.17, 15) is 4.79 Å². The van der Waals surface area contributed by atoms with Gasteiger partial charge in [-0.05, 0) is 67.7 Å². The van der Waals surface area contributed by atoms with Crippen LogP contribution in [0.3, 0.4) is 0 Å². The van der Waals surface area contributed by atoms with E-state index in [4.69, 9.17) is 14.5 Å². The topological polar surface area (TPSA) is 59.9 Å². The fraction of sp³-hybridized carbons (Fsp3) is 0.462. The average molecular weight is 419 g/mol. The number of nitrogens with zero attached hydrogens (tertiary/aromatic N) is 1. The van der Waals surface area contributed by atoms with E-state index in [2.05, 4.69) is 17.5 Å². The summed E-state index contributed by atoms with van der Waals surface area (Å²) in [7, 11) is 0. The lowest BCUT2D eigenvalue weighted by molar-refractivity contribution is -0.147. The van der Waals surface area contributed by atoms with E-state index >= 15 is 0 Å². The van der Waals surface area contributed by atoms with Crippen molar-refractivity contribution in [3.63, 3.8) is 0 Å². The van der Waals surface area contributed by atoms with Crippen molar-refractivity contribution in [1.29, 1.82) is 0 Å². The van der Waals surface area contributed by atoms with Crippen LogP contribution in [0.25, 0.3) is 0 Å². The highest BCUT2D eigenvalue weighted by Crippen LogP contribution is 2.43. The van der Waals surface area contributed by atoms with Crippen molar-refractivity contribution in [2.45, 2.75) is 57.5 Å². The molecule has 2 unspecified atom stereocenters. The Labute approximate surface area is 183 Å². The van der Waals surface area contributed by atoms with Crippen LogP contribution in [0.5, 0.6) is 0 Å². The maximum absolute atomic E-state index is 12.4. The summed E-state index contributed by atoms with van der Waals surface area (Å²) >= 11 is 0. The number of fused-ring (bicyclic) bond motifs is 1. The number of rotatable bonds is 5. The number of hydrogen-bond acceptors (Lipinski definition) is 5. The van der Waals surface area contributed by atoms with Gasteiger partial charge in [-0.25, -0.2) is 4.99 Å². The molecule has 1 saturated carbocycles. The molecule has 5 heteroatoms. The summed E-state index contributed by atoms with van der Waals surface area (Å²) in [5.41, 5.74) is 5.69. The molecule has 0 bridgehead atoms. The summed E-state index contributed by atoms with van der Waals surface area (Å²) in [6.45, 7) is 2.58. The maximum Gasteiger partial charge on any atom is 0.310 e. The number of allylic oxidation sites excluding steroid dienone is 5. The van der Waals surface area contributed by atoms with Gasteiger partial charge in [0.15, 0.2) is 5.60 Å². The van der Waals surface area contributed by atoms with Crippen LogP contribution in [0.2, 0.25) is 0 Å². The molecule has 1 aromatic rings. The van der Waals surface area contributed by atoms with Gasteiger partial charge in [0.25, 0.3) is 6.02 Å². The smallest absolute Gasteiger partial charge is 0.310 e. The molecule has 0 aromatic heterocycles. The molecule has 1 aliphatic heterocycles. The van der Waals surface area contributed by atoms with Crippen LogP contribution < -0.4 is 5.32 Å². The SMILES string of the molecule is CCOC(=O)CC1(c2ccccc2)CN=C(NC2=C3CCCC3C=CC3=C2CCC3)O1. The number of amidine groups is 1. The summed E-state index contributed by atoms with van der Waals surface area (Å²) < 4.78 is 11.7. The predicted molar refractivity (Wildman–Crippen MR) is 120 cm³/mol. The normalized spacial score (nSPS) is 26.9. The summed E-state index contributed by atoms with van der Waals surface area (Å²) in [5.74, 6) is 0.244. The number of hydrogen-bond donors (Lipinski definition) is 1. The Bertz CT molecular complexity index is 989. The molecule has 4 aliphatic rings. The van der Waals surface area contributed by atoms with E-state index in [1.807, 2.05) is 37.3 Å². The third-order valence-corrected chi connectivity index (χ3v) is 6.86. The first-order valence-electron chi connectivity index (χ1n) is 11.5. The van der Waals surface area contributed by atoms with Gasteiger partial charge in [0, 0.05) is 11.6 Å². The number of carbonyl (C=O) groups excluding carboxylic acids is 1. The molecule has 0 radical (unpaired) electrons. The highest BCUT2D eigenvalue weighted by atomic mass is 16.5. The van der Waals surface area contributed by atoms with Crippen LogP contribution in [0.4, 0.5) is 0 Å². The van der Waals surface area contributed by atoms with E-state index in [0.717, 1.165) is 24.8 Å². The van der Waals surface area contributed by atoms with E-state index in [1.54, 1.807) is 0 Å². The number of benzene rings is 1. The molecule has 0 saturated heterocycles. The second kappa shape index (κ2) is 8.37. The molecule has 1 aromatic carbocycles. The first-order valence-corrected chi connectivity index (χ1v) is 11.5. The molecule has 31 heavy (non-hydrogen) atoms. The Morgan fingerprint density at radius 3 is 2.94 bits per heavy atom. The highest BCUT2D eigenvalue weighted by Gasteiger charge is 2.43. The Balaban J connectivity index is 1.43. The number of nitrogens with one attached hydrogen (secondary N) is 1. The van der Waals surface area contributed by atoms with Gasteiger partial charge in [0.2, 0.25) is 0 Å². The molecular weight excluding hydrogens is 388 g/mol. The minimum absolute atomic E-state index is 0.142. The molecule has 0 spiro atoms. The van der Waals surface area contributed by atoms with Gasteiger partial charge in [-0.15, -0.1) is 0 Å². The minimum Gasteiger partial charge on any atom is -0.466 e.